The molecule has 1 rings (SSSR count). The van der Waals surface area contributed by atoms with Crippen molar-refractivity contribution in [3.05, 3.63) is 18.3 Å². The molecule has 0 aliphatic heterocycles. The summed E-state index contributed by atoms with van der Waals surface area (Å²) in [6.45, 7) is 3.92. The summed E-state index contributed by atoms with van der Waals surface area (Å²) >= 11 is 0. The summed E-state index contributed by atoms with van der Waals surface area (Å²) in [6, 6.07) is 4.57. The van der Waals surface area contributed by atoms with Gasteiger partial charge in [0, 0.05) is 18.3 Å². The van der Waals surface area contributed by atoms with Crippen LogP contribution in [0, 0.1) is 6.07 Å². The average molecular weight is 166 g/mol. The molecule has 12 heavy (non-hydrogen) atoms. The van der Waals surface area contributed by atoms with Gasteiger partial charge in [-0.1, -0.05) is 0 Å². The van der Waals surface area contributed by atoms with Gasteiger partial charge in [-0.3, -0.25) is 0 Å². The lowest BCUT2D eigenvalue weighted by Gasteiger charge is -2.09. The first kappa shape index (κ1) is 8.84. The van der Waals surface area contributed by atoms with Gasteiger partial charge >= 0.3 is 0 Å². The van der Waals surface area contributed by atoms with Crippen LogP contribution >= 0.6 is 0 Å². The van der Waals surface area contributed by atoms with E-state index in [1.165, 1.54) is 6.20 Å². The quantitative estimate of drug-likeness (QED) is 0.684. The van der Waals surface area contributed by atoms with Crippen molar-refractivity contribution in [3.63, 3.8) is 0 Å². The number of nitrogens with zero attached hydrogens (tertiary/aromatic N) is 1. The summed E-state index contributed by atoms with van der Waals surface area (Å²) in [4.78, 5) is 3.91. The smallest absolute Gasteiger partial charge is 0.216 e. The van der Waals surface area contributed by atoms with Crippen molar-refractivity contribution >= 4 is 0 Å². The zero-order valence-corrected chi connectivity index (χ0v) is 7.50. The third-order valence-corrected chi connectivity index (χ3v) is 1.22. The van der Waals surface area contributed by atoms with Gasteiger partial charge in [-0.05, 0) is 13.8 Å². The van der Waals surface area contributed by atoms with E-state index in [1.807, 2.05) is 13.8 Å². The second-order valence-corrected chi connectivity index (χ2v) is 2.62. The molecule has 1 heterocycles. The Kier molecular flexibility index (Phi) is 2.91. The highest BCUT2D eigenvalue weighted by atomic mass is 16.5. The van der Waals surface area contributed by atoms with Crippen LogP contribution in [0.4, 0.5) is 0 Å². The van der Waals surface area contributed by atoms with Gasteiger partial charge < -0.3 is 9.47 Å². The topological polar surface area (TPSA) is 31.4 Å². The van der Waals surface area contributed by atoms with Crippen molar-refractivity contribution in [1.29, 1.82) is 0 Å². The van der Waals surface area contributed by atoms with Crippen LogP contribution in [-0.2, 0) is 0 Å². The number of hydrogen-bond acceptors (Lipinski definition) is 3. The molecule has 0 atom stereocenters. The molecule has 0 N–H and O–H groups in total. The minimum Gasteiger partial charge on any atom is -0.490 e. The van der Waals surface area contributed by atoms with Gasteiger partial charge in [0.15, 0.2) is 0 Å². The van der Waals surface area contributed by atoms with Crippen molar-refractivity contribution < 1.29 is 9.47 Å². The molecule has 0 aliphatic rings. The molecule has 0 bridgehead atoms. The fraction of sp³-hybridized carbons (Fsp3) is 0.444. The van der Waals surface area contributed by atoms with Crippen LogP contribution in [0.25, 0.3) is 0 Å². The zero-order chi connectivity index (χ0) is 8.97. The molecule has 0 amide bonds. The molecule has 0 fully saturated rings. The molecule has 0 unspecified atom stereocenters. The average Bonchev–Trinajstić information content (AvgIpc) is 2.03. The van der Waals surface area contributed by atoms with Gasteiger partial charge in [-0.25, -0.2) is 4.98 Å². The van der Waals surface area contributed by atoms with Crippen molar-refractivity contribution in [3.8, 4) is 11.6 Å². The van der Waals surface area contributed by atoms with Gasteiger partial charge in [0.1, 0.15) is 5.75 Å². The number of hydrogen-bond donors (Lipinski definition) is 0. The summed E-state index contributed by atoms with van der Waals surface area (Å²) in [7, 11) is 1.57. The SMILES string of the molecule is COc1cc(OC(C)C)[c]cn1. The third kappa shape index (κ3) is 2.42. The predicted octanol–water partition coefficient (Wildman–Crippen LogP) is 1.68. The Morgan fingerprint density at radius 1 is 1.50 bits per heavy atom. The minimum atomic E-state index is 0.147. The number of rotatable bonds is 3. The van der Waals surface area contributed by atoms with Crippen molar-refractivity contribution in [1.82, 2.24) is 4.98 Å². The van der Waals surface area contributed by atoms with Crippen LogP contribution in [0.3, 0.4) is 0 Å². The molecular weight excluding hydrogens is 154 g/mol. The van der Waals surface area contributed by atoms with Crippen molar-refractivity contribution in [2.24, 2.45) is 0 Å². The second kappa shape index (κ2) is 3.95. The first-order valence-corrected chi connectivity index (χ1v) is 3.80. The van der Waals surface area contributed by atoms with E-state index in [0.717, 1.165) is 0 Å². The maximum Gasteiger partial charge on any atom is 0.216 e. The van der Waals surface area contributed by atoms with Crippen LogP contribution in [0.1, 0.15) is 13.8 Å². The molecule has 0 saturated heterocycles. The van der Waals surface area contributed by atoms with E-state index < -0.39 is 0 Å². The Bertz CT molecular complexity index is 248. The minimum absolute atomic E-state index is 0.147. The van der Waals surface area contributed by atoms with Gasteiger partial charge in [-0.15, -0.1) is 0 Å². The lowest BCUT2D eigenvalue weighted by atomic mass is 10.4. The second-order valence-electron chi connectivity index (χ2n) is 2.62. The van der Waals surface area contributed by atoms with Gasteiger partial charge in [-0.2, -0.15) is 0 Å². The highest BCUT2D eigenvalue weighted by molar-refractivity contribution is 5.24. The molecule has 65 valence electrons. The number of aromatic nitrogens is 1. The molecule has 0 aromatic carbocycles. The first-order valence-electron chi connectivity index (χ1n) is 3.80. The van der Waals surface area contributed by atoms with E-state index in [0.29, 0.717) is 11.6 Å². The fourth-order valence-corrected chi connectivity index (χ4v) is 0.784. The highest BCUT2D eigenvalue weighted by Gasteiger charge is 1.99. The van der Waals surface area contributed by atoms with E-state index >= 15 is 0 Å². The number of ether oxygens (including phenoxy) is 2. The molecule has 1 radical (unpaired) electrons. The standard InChI is InChI=1S/C9H12NO2/c1-7(2)12-8-4-5-10-9(6-8)11-3/h5-7H,1-3H3. The Morgan fingerprint density at radius 2 is 2.25 bits per heavy atom. The van der Waals surface area contributed by atoms with Crippen LogP contribution in [0.5, 0.6) is 11.6 Å². The van der Waals surface area contributed by atoms with Crippen molar-refractivity contribution in [2.45, 2.75) is 20.0 Å². The molecule has 0 aliphatic carbocycles. The van der Waals surface area contributed by atoms with E-state index in [4.69, 9.17) is 9.47 Å². The molecular formula is C9H12NO2. The van der Waals surface area contributed by atoms with Crippen LogP contribution in [0.2, 0.25) is 0 Å². The number of methoxy groups -OCH3 is 1. The summed E-state index contributed by atoms with van der Waals surface area (Å²) in [5, 5.41) is 0. The van der Waals surface area contributed by atoms with Gasteiger partial charge in [0.05, 0.1) is 13.2 Å². The summed E-state index contributed by atoms with van der Waals surface area (Å²) in [5.41, 5.74) is 0. The van der Waals surface area contributed by atoms with Crippen LogP contribution in [0.15, 0.2) is 12.3 Å². The van der Waals surface area contributed by atoms with Crippen LogP contribution in [-0.4, -0.2) is 18.2 Å². The summed E-state index contributed by atoms with van der Waals surface area (Å²) in [6.07, 6.45) is 1.68. The molecule has 1 aromatic rings. The lowest BCUT2D eigenvalue weighted by molar-refractivity contribution is 0.240. The molecule has 0 spiro atoms. The summed E-state index contributed by atoms with van der Waals surface area (Å²) < 4.78 is 10.3. The molecule has 0 saturated carbocycles. The maximum absolute atomic E-state index is 5.38. The van der Waals surface area contributed by atoms with Crippen LogP contribution < -0.4 is 9.47 Å². The number of pyridine rings is 1. The highest BCUT2D eigenvalue weighted by Crippen LogP contribution is 2.16. The van der Waals surface area contributed by atoms with Gasteiger partial charge in [0.2, 0.25) is 5.88 Å². The monoisotopic (exact) mass is 166 g/mol. The maximum atomic E-state index is 5.38. The predicted molar refractivity (Wildman–Crippen MR) is 45.4 cm³/mol. The molecule has 1 aromatic heterocycles. The van der Waals surface area contributed by atoms with E-state index in [-0.39, 0.29) is 6.10 Å². The Labute approximate surface area is 72.3 Å². The summed E-state index contributed by atoms with van der Waals surface area (Å²) in [5.74, 6) is 1.21. The normalized spacial score (nSPS) is 10.0. The van der Waals surface area contributed by atoms with Gasteiger partial charge in [0.25, 0.3) is 0 Å². The Hall–Kier alpha value is -1.25. The van der Waals surface area contributed by atoms with E-state index in [2.05, 4.69) is 11.1 Å². The molecule has 3 heteroatoms. The first-order chi connectivity index (χ1) is 5.72. The Balaban J connectivity index is 2.72. The molecule has 3 nitrogen and oxygen atoms in total. The zero-order valence-electron chi connectivity index (χ0n) is 7.50. The van der Waals surface area contributed by atoms with Crippen molar-refractivity contribution in [2.75, 3.05) is 7.11 Å². The lowest BCUT2D eigenvalue weighted by Crippen LogP contribution is -2.05. The van der Waals surface area contributed by atoms with E-state index in [9.17, 15) is 0 Å². The fourth-order valence-electron chi connectivity index (χ4n) is 0.784. The van der Waals surface area contributed by atoms with E-state index in [1.54, 1.807) is 13.2 Å². The largest absolute Gasteiger partial charge is 0.490 e. The Morgan fingerprint density at radius 3 is 2.83 bits per heavy atom. The third-order valence-electron chi connectivity index (χ3n) is 1.22.